The summed E-state index contributed by atoms with van der Waals surface area (Å²) in [5.41, 5.74) is 2.24. The summed E-state index contributed by atoms with van der Waals surface area (Å²) in [4.78, 5) is 9.87. The van der Waals surface area contributed by atoms with E-state index in [4.69, 9.17) is 0 Å². The van der Waals surface area contributed by atoms with Crippen LogP contribution in [0.3, 0.4) is 0 Å². The molecule has 1 saturated heterocycles. The standard InChI is InChI=1S/C13H18N4/c1-17(10-3-2-6-14-9-10)12-5-8-16-13-11(12)4-7-15-13/h4-5,7-8,10,14H,2-3,6,9H2,1H3,(H,15,16). The number of hydrogen-bond acceptors (Lipinski definition) is 3. The molecular formula is C13H18N4. The van der Waals surface area contributed by atoms with Crippen molar-refractivity contribution in [2.45, 2.75) is 18.9 Å². The van der Waals surface area contributed by atoms with E-state index in [0.29, 0.717) is 6.04 Å². The van der Waals surface area contributed by atoms with Gasteiger partial charge in [0.2, 0.25) is 0 Å². The zero-order valence-corrected chi connectivity index (χ0v) is 10.1. The van der Waals surface area contributed by atoms with Crippen LogP contribution < -0.4 is 10.2 Å². The fourth-order valence-electron chi connectivity index (χ4n) is 2.61. The minimum atomic E-state index is 0.587. The van der Waals surface area contributed by atoms with E-state index in [0.717, 1.165) is 18.7 Å². The average molecular weight is 230 g/mol. The Kier molecular flexibility index (Phi) is 2.73. The maximum Gasteiger partial charge on any atom is 0.139 e. The second kappa shape index (κ2) is 4.37. The highest BCUT2D eigenvalue weighted by Crippen LogP contribution is 2.26. The maximum atomic E-state index is 4.33. The van der Waals surface area contributed by atoms with Crippen molar-refractivity contribution in [3.05, 3.63) is 24.5 Å². The molecule has 2 aromatic rings. The van der Waals surface area contributed by atoms with E-state index < -0.39 is 0 Å². The molecule has 90 valence electrons. The van der Waals surface area contributed by atoms with Gasteiger partial charge in [-0.25, -0.2) is 4.98 Å². The number of nitrogens with one attached hydrogen (secondary N) is 2. The first-order valence-electron chi connectivity index (χ1n) is 6.22. The van der Waals surface area contributed by atoms with Crippen LogP contribution >= 0.6 is 0 Å². The molecule has 1 aliphatic heterocycles. The third kappa shape index (κ3) is 1.89. The van der Waals surface area contributed by atoms with Crippen LogP contribution in [0.4, 0.5) is 5.69 Å². The van der Waals surface area contributed by atoms with Crippen LogP contribution in [0.1, 0.15) is 12.8 Å². The molecule has 1 unspecified atom stereocenters. The number of hydrogen-bond donors (Lipinski definition) is 2. The number of pyridine rings is 1. The van der Waals surface area contributed by atoms with Crippen LogP contribution in [0.2, 0.25) is 0 Å². The van der Waals surface area contributed by atoms with Crippen molar-refractivity contribution in [1.29, 1.82) is 0 Å². The van der Waals surface area contributed by atoms with Crippen molar-refractivity contribution >= 4 is 16.7 Å². The number of H-pyrrole nitrogens is 1. The highest BCUT2D eigenvalue weighted by molar-refractivity contribution is 5.89. The molecule has 1 atom stereocenters. The largest absolute Gasteiger partial charge is 0.370 e. The molecule has 0 saturated carbocycles. The van der Waals surface area contributed by atoms with Gasteiger partial charge in [0.05, 0.1) is 0 Å². The summed E-state index contributed by atoms with van der Waals surface area (Å²) in [6.07, 6.45) is 6.35. The molecule has 4 nitrogen and oxygen atoms in total. The molecule has 2 N–H and O–H groups in total. The molecule has 3 rings (SSSR count). The third-order valence-corrected chi connectivity index (χ3v) is 3.64. The van der Waals surface area contributed by atoms with E-state index in [1.807, 2.05) is 12.4 Å². The van der Waals surface area contributed by atoms with E-state index in [1.54, 1.807) is 0 Å². The van der Waals surface area contributed by atoms with Gasteiger partial charge in [0, 0.05) is 43.1 Å². The van der Waals surface area contributed by atoms with Gasteiger partial charge in [-0.2, -0.15) is 0 Å². The lowest BCUT2D eigenvalue weighted by Crippen LogP contribution is -2.44. The first-order valence-corrected chi connectivity index (χ1v) is 6.22. The third-order valence-electron chi connectivity index (χ3n) is 3.64. The van der Waals surface area contributed by atoms with Gasteiger partial charge >= 0.3 is 0 Å². The molecule has 1 fully saturated rings. The number of anilines is 1. The normalized spacial score (nSPS) is 20.6. The van der Waals surface area contributed by atoms with Gasteiger partial charge in [0.25, 0.3) is 0 Å². The highest BCUT2D eigenvalue weighted by atomic mass is 15.2. The Balaban J connectivity index is 1.94. The summed E-state index contributed by atoms with van der Waals surface area (Å²) in [5, 5.41) is 4.67. The van der Waals surface area contributed by atoms with Gasteiger partial charge in [-0.15, -0.1) is 0 Å². The molecule has 0 amide bonds. The number of aromatic nitrogens is 2. The second-order valence-electron chi connectivity index (χ2n) is 4.68. The number of piperidine rings is 1. The van der Waals surface area contributed by atoms with Gasteiger partial charge < -0.3 is 15.2 Å². The molecule has 3 heterocycles. The molecule has 1 aliphatic rings. The van der Waals surface area contributed by atoms with Crippen molar-refractivity contribution in [1.82, 2.24) is 15.3 Å². The van der Waals surface area contributed by atoms with Crippen molar-refractivity contribution in [2.75, 3.05) is 25.0 Å². The Hall–Kier alpha value is -1.55. The predicted molar refractivity (Wildman–Crippen MR) is 70.4 cm³/mol. The number of rotatable bonds is 2. The van der Waals surface area contributed by atoms with Gasteiger partial charge in [0.1, 0.15) is 5.65 Å². The summed E-state index contributed by atoms with van der Waals surface area (Å²) in [7, 11) is 2.18. The molecule has 0 spiro atoms. The van der Waals surface area contributed by atoms with Gasteiger partial charge in [-0.3, -0.25) is 0 Å². The Morgan fingerprint density at radius 3 is 3.18 bits per heavy atom. The Morgan fingerprint density at radius 1 is 1.41 bits per heavy atom. The Bertz CT molecular complexity index is 499. The Morgan fingerprint density at radius 2 is 2.35 bits per heavy atom. The van der Waals surface area contributed by atoms with Crippen molar-refractivity contribution < 1.29 is 0 Å². The summed E-state index contributed by atoms with van der Waals surface area (Å²) < 4.78 is 0. The van der Waals surface area contributed by atoms with Crippen molar-refractivity contribution in [3.63, 3.8) is 0 Å². The van der Waals surface area contributed by atoms with E-state index >= 15 is 0 Å². The first kappa shape index (κ1) is 10.6. The lowest BCUT2D eigenvalue weighted by molar-refractivity contribution is 0.445. The quantitative estimate of drug-likeness (QED) is 0.826. The molecule has 4 heteroatoms. The number of likely N-dealkylation sites (N-methyl/N-ethyl adjacent to an activating group) is 1. The lowest BCUT2D eigenvalue weighted by atomic mass is 10.1. The van der Waals surface area contributed by atoms with Crippen molar-refractivity contribution in [2.24, 2.45) is 0 Å². The lowest BCUT2D eigenvalue weighted by Gasteiger charge is -2.33. The second-order valence-corrected chi connectivity index (χ2v) is 4.68. The van der Waals surface area contributed by atoms with Crippen LogP contribution in [0.5, 0.6) is 0 Å². The maximum absolute atomic E-state index is 4.33. The fourth-order valence-corrected chi connectivity index (χ4v) is 2.61. The van der Waals surface area contributed by atoms with Gasteiger partial charge in [-0.05, 0) is 31.5 Å². The van der Waals surface area contributed by atoms with E-state index in [-0.39, 0.29) is 0 Å². The van der Waals surface area contributed by atoms with Crippen LogP contribution in [0.25, 0.3) is 11.0 Å². The average Bonchev–Trinajstić information content (AvgIpc) is 2.87. The van der Waals surface area contributed by atoms with Crippen molar-refractivity contribution in [3.8, 4) is 0 Å². The zero-order valence-electron chi connectivity index (χ0n) is 10.1. The SMILES string of the molecule is CN(c1ccnc2[nH]ccc12)C1CCCNC1. The molecule has 0 bridgehead atoms. The summed E-state index contributed by atoms with van der Waals surface area (Å²) in [6.45, 7) is 2.23. The summed E-state index contributed by atoms with van der Waals surface area (Å²) in [5.74, 6) is 0. The van der Waals surface area contributed by atoms with Crippen LogP contribution in [0.15, 0.2) is 24.5 Å². The smallest absolute Gasteiger partial charge is 0.139 e. The first-order chi connectivity index (χ1) is 8.36. The molecule has 0 aliphatic carbocycles. The number of fused-ring (bicyclic) bond motifs is 1. The zero-order chi connectivity index (χ0) is 11.7. The molecule has 0 radical (unpaired) electrons. The van der Waals surface area contributed by atoms with E-state index in [1.165, 1.54) is 23.9 Å². The van der Waals surface area contributed by atoms with Crippen LogP contribution in [-0.2, 0) is 0 Å². The Labute approximate surface area is 101 Å². The monoisotopic (exact) mass is 230 g/mol. The highest BCUT2D eigenvalue weighted by Gasteiger charge is 2.19. The fraction of sp³-hybridized carbons (Fsp3) is 0.462. The minimum absolute atomic E-state index is 0.587. The topological polar surface area (TPSA) is 44.0 Å². The number of nitrogens with zero attached hydrogens (tertiary/aromatic N) is 2. The number of aromatic amines is 1. The molecule has 17 heavy (non-hydrogen) atoms. The summed E-state index contributed by atoms with van der Waals surface area (Å²) in [6, 6.07) is 4.79. The summed E-state index contributed by atoms with van der Waals surface area (Å²) >= 11 is 0. The van der Waals surface area contributed by atoms with E-state index in [9.17, 15) is 0 Å². The van der Waals surface area contributed by atoms with Crippen LogP contribution in [0, 0.1) is 0 Å². The van der Waals surface area contributed by atoms with Gasteiger partial charge in [0.15, 0.2) is 0 Å². The van der Waals surface area contributed by atoms with Gasteiger partial charge in [-0.1, -0.05) is 0 Å². The molecule has 0 aromatic carbocycles. The predicted octanol–water partition coefficient (Wildman–Crippen LogP) is 1.75. The molecule has 2 aromatic heterocycles. The minimum Gasteiger partial charge on any atom is -0.370 e. The molecular weight excluding hydrogens is 212 g/mol. The van der Waals surface area contributed by atoms with Crippen LogP contribution in [-0.4, -0.2) is 36.1 Å². The van der Waals surface area contributed by atoms with E-state index in [2.05, 4.69) is 39.4 Å².